The average molecular weight is 225 g/mol. The van der Waals surface area contributed by atoms with Crippen LogP contribution in [-0.4, -0.2) is 18.0 Å². The lowest BCUT2D eigenvalue weighted by Gasteiger charge is -2.42. The van der Waals surface area contributed by atoms with Gasteiger partial charge in [0.1, 0.15) is 12.1 Å². The van der Waals surface area contributed by atoms with Crippen molar-refractivity contribution in [2.24, 2.45) is 11.8 Å². The highest BCUT2D eigenvalue weighted by molar-refractivity contribution is 6.19. The van der Waals surface area contributed by atoms with Gasteiger partial charge >= 0.3 is 0 Å². The summed E-state index contributed by atoms with van der Waals surface area (Å²) in [5.41, 5.74) is -1.35. The molecular formula is C8H11ClF2N2O. The van der Waals surface area contributed by atoms with Gasteiger partial charge in [-0.05, 0) is 6.42 Å². The Hall–Kier alpha value is -0.440. The van der Waals surface area contributed by atoms with Crippen LogP contribution in [0, 0.1) is 28.4 Å². The summed E-state index contributed by atoms with van der Waals surface area (Å²) in [6, 6.07) is 1.62. The van der Waals surface area contributed by atoms with E-state index in [9.17, 15) is 14.0 Å². The monoisotopic (exact) mass is 224 g/mol. The molecule has 1 fully saturated rings. The van der Waals surface area contributed by atoms with E-state index in [1.54, 1.807) is 13.0 Å². The van der Waals surface area contributed by atoms with Crippen molar-refractivity contribution in [1.29, 1.82) is 5.26 Å². The zero-order valence-corrected chi connectivity index (χ0v) is 8.34. The molecule has 1 aliphatic rings. The highest BCUT2D eigenvalue weighted by Crippen LogP contribution is 2.29. The van der Waals surface area contributed by atoms with Gasteiger partial charge in [0.15, 0.2) is 5.50 Å². The second-order valence-electron chi connectivity index (χ2n) is 3.38. The Labute approximate surface area is 85.8 Å². The number of piperidine rings is 1. The number of hydrogen-bond acceptors (Lipinski definition) is 2. The van der Waals surface area contributed by atoms with Crippen molar-refractivity contribution >= 4 is 11.6 Å². The van der Waals surface area contributed by atoms with Crippen molar-refractivity contribution in [2.75, 3.05) is 0 Å². The van der Waals surface area contributed by atoms with E-state index in [0.29, 0.717) is 0 Å². The minimum absolute atomic E-state index is 0.190. The Morgan fingerprint density at radius 3 is 2.57 bits per heavy atom. The van der Waals surface area contributed by atoms with E-state index in [1.807, 2.05) is 0 Å². The molecule has 0 aromatic heterocycles. The van der Waals surface area contributed by atoms with E-state index in [2.05, 4.69) is 0 Å². The molecule has 0 bridgehead atoms. The lowest BCUT2D eigenvalue weighted by Crippen LogP contribution is -3.17. The van der Waals surface area contributed by atoms with Crippen LogP contribution in [0.1, 0.15) is 13.3 Å². The van der Waals surface area contributed by atoms with Gasteiger partial charge in [0.25, 0.3) is 0 Å². The second kappa shape index (κ2) is 4.39. The first-order valence-corrected chi connectivity index (χ1v) is 4.83. The maximum atomic E-state index is 13.5. The van der Waals surface area contributed by atoms with Crippen molar-refractivity contribution in [2.45, 2.75) is 31.3 Å². The first-order chi connectivity index (χ1) is 6.54. The van der Waals surface area contributed by atoms with Crippen LogP contribution in [0.15, 0.2) is 0 Å². The van der Waals surface area contributed by atoms with E-state index in [0.717, 1.165) is 0 Å². The zero-order valence-electron chi connectivity index (χ0n) is 7.58. The Bertz CT molecular complexity index is 248. The highest BCUT2D eigenvalue weighted by atomic mass is 35.5. The molecule has 1 aliphatic heterocycles. The molecule has 0 saturated carbocycles. The van der Waals surface area contributed by atoms with Gasteiger partial charge in [0.2, 0.25) is 6.30 Å². The third-order valence-electron chi connectivity index (χ3n) is 2.61. The first kappa shape index (κ1) is 11.6. The minimum Gasteiger partial charge on any atom is -0.631 e. The number of hydrogen-bond donors (Lipinski definition) is 1. The number of nitriles is 1. The predicted octanol–water partition coefficient (Wildman–Crippen LogP) is 0.747. The molecule has 3 nitrogen and oxygen atoms in total. The Morgan fingerprint density at radius 1 is 1.57 bits per heavy atom. The Kier molecular flexibility index (Phi) is 3.65. The fraction of sp³-hybridized carbons (Fsp3) is 0.875. The van der Waals surface area contributed by atoms with E-state index >= 15 is 0 Å². The number of halogens is 3. The molecule has 1 heterocycles. The summed E-state index contributed by atoms with van der Waals surface area (Å²) in [6.07, 6.45) is -3.34. The molecular weight excluding hydrogens is 214 g/mol. The maximum Gasteiger partial charge on any atom is 0.236 e. The standard InChI is InChI=1S/C8H11ClF2N2O/c1-2-4-6(10)5(3-12)7(9)13(14)8(4)11/h4-8,13H,2H2,1H3. The van der Waals surface area contributed by atoms with E-state index in [4.69, 9.17) is 16.9 Å². The SMILES string of the molecule is CCC1C(F)C(C#N)C(Cl)[NH+]([O-])C1F. The summed E-state index contributed by atoms with van der Waals surface area (Å²) in [5.74, 6) is -2.25. The van der Waals surface area contributed by atoms with Gasteiger partial charge in [-0.3, -0.25) is 0 Å². The summed E-state index contributed by atoms with van der Waals surface area (Å²) in [7, 11) is 0. The average Bonchev–Trinajstić information content (AvgIpc) is 2.16. The van der Waals surface area contributed by atoms with Crippen molar-refractivity contribution in [3.05, 3.63) is 5.21 Å². The van der Waals surface area contributed by atoms with E-state index < -0.39 is 34.9 Å². The smallest absolute Gasteiger partial charge is 0.236 e. The van der Waals surface area contributed by atoms with Gasteiger partial charge in [-0.1, -0.05) is 18.5 Å². The maximum absolute atomic E-state index is 13.5. The lowest BCUT2D eigenvalue weighted by molar-refractivity contribution is -0.919. The topological polar surface area (TPSA) is 51.3 Å². The Morgan fingerprint density at radius 2 is 2.14 bits per heavy atom. The third kappa shape index (κ3) is 1.70. The van der Waals surface area contributed by atoms with Crippen LogP contribution in [0.3, 0.4) is 0 Å². The molecule has 6 unspecified atom stereocenters. The molecule has 80 valence electrons. The fourth-order valence-corrected chi connectivity index (χ4v) is 2.01. The Balaban J connectivity index is 2.89. The summed E-state index contributed by atoms with van der Waals surface area (Å²) in [5, 5.41) is 18.9. The van der Waals surface area contributed by atoms with Crippen molar-refractivity contribution < 1.29 is 13.8 Å². The molecule has 14 heavy (non-hydrogen) atoms. The van der Waals surface area contributed by atoms with Crippen LogP contribution in [0.4, 0.5) is 8.78 Å². The lowest BCUT2D eigenvalue weighted by atomic mass is 9.86. The second-order valence-corrected chi connectivity index (χ2v) is 3.85. The summed E-state index contributed by atoms with van der Waals surface area (Å²) < 4.78 is 26.8. The molecule has 0 radical (unpaired) electrons. The normalized spacial score (nSPS) is 48.6. The summed E-state index contributed by atoms with van der Waals surface area (Å²) >= 11 is 5.49. The van der Waals surface area contributed by atoms with Gasteiger partial charge in [0.05, 0.1) is 12.0 Å². The fourth-order valence-electron chi connectivity index (χ4n) is 1.70. The molecule has 0 amide bonds. The minimum atomic E-state index is -1.87. The highest BCUT2D eigenvalue weighted by Gasteiger charge is 2.49. The number of nitrogens with one attached hydrogen (secondary N) is 1. The number of hydroxylamine groups is 2. The summed E-state index contributed by atoms with van der Waals surface area (Å²) in [6.45, 7) is 1.58. The number of nitrogens with zero attached hydrogens (tertiary/aromatic N) is 1. The van der Waals surface area contributed by atoms with Crippen LogP contribution in [0.5, 0.6) is 0 Å². The van der Waals surface area contributed by atoms with Crippen LogP contribution in [-0.2, 0) is 0 Å². The predicted molar refractivity (Wildman–Crippen MR) is 46.6 cm³/mol. The molecule has 1 saturated heterocycles. The number of alkyl halides is 3. The summed E-state index contributed by atoms with van der Waals surface area (Å²) in [4.78, 5) is 0. The van der Waals surface area contributed by atoms with Gasteiger partial charge in [-0.15, -0.1) is 0 Å². The quantitative estimate of drug-likeness (QED) is 0.406. The van der Waals surface area contributed by atoms with Gasteiger partial charge in [-0.25, -0.2) is 4.39 Å². The molecule has 0 aliphatic carbocycles. The molecule has 6 atom stereocenters. The number of rotatable bonds is 1. The van der Waals surface area contributed by atoms with E-state index in [1.165, 1.54) is 0 Å². The van der Waals surface area contributed by atoms with Crippen molar-refractivity contribution in [3.8, 4) is 6.07 Å². The third-order valence-corrected chi connectivity index (χ3v) is 3.09. The van der Waals surface area contributed by atoms with Gasteiger partial charge < -0.3 is 10.3 Å². The molecule has 0 spiro atoms. The molecule has 0 aromatic carbocycles. The molecule has 6 heteroatoms. The van der Waals surface area contributed by atoms with Gasteiger partial charge in [-0.2, -0.15) is 9.65 Å². The van der Waals surface area contributed by atoms with Crippen LogP contribution in [0.25, 0.3) is 0 Å². The zero-order chi connectivity index (χ0) is 10.9. The first-order valence-electron chi connectivity index (χ1n) is 4.40. The van der Waals surface area contributed by atoms with Crippen LogP contribution < -0.4 is 5.06 Å². The van der Waals surface area contributed by atoms with Crippen LogP contribution >= 0.6 is 11.6 Å². The van der Waals surface area contributed by atoms with Crippen molar-refractivity contribution in [1.82, 2.24) is 0 Å². The molecule has 1 N–H and O–H groups in total. The van der Waals surface area contributed by atoms with E-state index in [-0.39, 0.29) is 6.42 Å². The largest absolute Gasteiger partial charge is 0.631 e. The van der Waals surface area contributed by atoms with Gasteiger partial charge in [0, 0.05) is 0 Å². The van der Waals surface area contributed by atoms with Crippen LogP contribution in [0.2, 0.25) is 0 Å². The number of quaternary nitrogens is 1. The molecule has 0 aromatic rings. The molecule has 1 rings (SSSR count). The van der Waals surface area contributed by atoms with Crippen molar-refractivity contribution in [3.63, 3.8) is 0 Å².